The van der Waals surface area contributed by atoms with Gasteiger partial charge in [0.2, 0.25) is 0 Å². The molecule has 0 saturated heterocycles. The molecule has 0 radical (unpaired) electrons. The fraction of sp³-hybridized carbons (Fsp3) is 1.00. The van der Waals surface area contributed by atoms with Crippen molar-refractivity contribution in [2.75, 3.05) is 13.1 Å². The number of hydrogen-bond donors (Lipinski definition) is 2. The molecule has 1 fully saturated rings. The van der Waals surface area contributed by atoms with E-state index in [9.17, 15) is 0 Å². The summed E-state index contributed by atoms with van der Waals surface area (Å²) in [6.45, 7) is 1.67. The highest BCUT2D eigenvalue weighted by Crippen LogP contribution is 2.31. The van der Waals surface area contributed by atoms with Gasteiger partial charge in [-0.15, -0.1) is 12.4 Å². The van der Waals surface area contributed by atoms with Gasteiger partial charge >= 0.3 is 0 Å². The fourth-order valence-corrected chi connectivity index (χ4v) is 1.26. The Morgan fingerprint density at radius 1 is 1.00 bits per heavy atom. The number of halogens is 1. The third kappa shape index (κ3) is 1.81. The van der Waals surface area contributed by atoms with Gasteiger partial charge in [0.25, 0.3) is 0 Å². The molecule has 1 aliphatic rings. The first-order valence-corrected chi connectivity index (χ1v) is 3.28. The first-order chi connectivity index (χ1) is 3.88. The van der Waals surface area contributed by atoms with Crippen molar-refractivity contribution in [2.45, 2.75) is 12.8 Å². The van der Waals surface area contributed by atoms with Gasteiger partial charge in [-0.25, -0.2) is 0 Å². The molecule has 1 saturated carbocycles. The summed E-state index contributed by atoms with van der Waals surface area (Å²) >= 11 is 0. The molecule has 0 unspecified atom stereocenters. The standard InChI is InChI=1S/C6H14N2.ClH/c7-3-5-1-2-6(5)4-8;/h5-6H,1-4,7-8H2;1H/t5-,6+;. The first kappa shape index (κ1) is 9.21. The molecular formula is C6H15ClN2. The predicted octanol–water partition coefficient (Wildman–Crippen LogP) is 0.352. The van der Waals surface area contributed by atoms with Crippen molar-refractivity contribution in [1.29, 1.82) is 0 Å². The lowest BCUT2D eigenvalue weighted by Crippen LogP contribution is -2.36. The van der Waals surface area contributed by atoms with Crippen LogP contribution < -0.4 is 11.5 Å². The zero-order valence-electron chi connectivity index (χ0n) is 5.55. The maximum Gasteiger partial charge on any atom is -0.00457 e. The van der Waals surface area contributed by atoms with Crippen molar-refractivity contribution in [3.8, 4) is 0 Å². The summed E-state index contributed by atoms with van der Waals surface area (Å²) in [6.07, 6.45) is 2.61. The average Bonchev–Trinajstić information content (AvgIpc) is 1.66. The summed E-state index contributed by atoms with van der Waals surface area (Å²) in [6, 6.07) is 0. The number of nitrogens with two attached hydrogens (primary N) is 2. The van der Waals surface area contributed by atoms with Crippen LogP contribution in [0.2, 0.25) is 0 Å². The van der Waals surface area contributed by atoms with Crippen molar-refractivity contribution in [1.82, 2.24) is 0 Å². The first-order valence-electron chi connectivity index (χ1n) is 3.28. The summed E-state index contributed by atoms with van der Waals surface area (Å²) < 4.78 is 0. The molecule has 0 aromatic rings. The van der Waals surface area contributed by atoms with Gasteiger partial charge in [-0.3, -0.25) is 0 Å². The molecule has 2 nitrogen and oxygen atoms in total. The molecule has 0 aromatic heterocycles. The quantitative estimate of drug-likeness (QED) is 0.597. The lowest BCUT2D eigenvalue weighted by Gasteiger charge is -2.34. The molecule has 0 heterocycles. The number of hydrogen-bond acceptors (Lipinski definition) is 2. The Morgan fingerprint density at radius 2 is 1.33 bits per heavy atom. The highest BCUT2D eigenvalue weighted by Gasteiger charge is 2.27. The van der Waals surface area contributed by atoms with Crippen molar-refractivity contribution >= 4 is 12.4 Å². The Morgan fingerprint density at radius 3 is 1.44 bits per heavy atom. The van der Waals surface area contributed by atoms with Crippen molar-refractivity contribution in [2.24, 2.45) is 23.3 Å². The summed E-state index contributed by atoms with van der Waals surface area (Å²) in [5.74, 6) is 1.50. The minimum Gasteiger partial charge on any atom is -0.330 e. The van der Waals surface area contributed by atoms with E-state index in [4.69, 9.17) is 11.5 Å². The van der Waals surface area contributed by atoms with E-state index >= 15 is 0 Å². The van der Waals surface area contributed by atoms with E-state index in [1.54, 1.807) is 0 Å². The van der Waals surface area contributed by atoms with E-state index in [1.807, 2.05) is 0 Å². The highest BCUT2D eigenvalue weighted by molar-refractivity contribution is 5.85. The van der Waals surface area contributed by atoms with E-state index in [1.165, 1.54) is 12.8 Å². The molecule has 0 aromatic carbocycles. The van der Waals surface area contributed by atoms with Crippen LogP contribution in [0.25, 0.3) is 0 Å². The third-order valence-corrected chi connectivity index (χ3v) is 2.18. The van der Waals surface area contributed by atoms with Gasteiger partial charge in [-0.1, -0.05) is 0 Å². The van der Waals surface area contributed by atoms with E-state index in [2.05, 4.69) is 0 Å². The Labute approximate surface area is 62.4 Å². The minimum absolute atomic E-state index is 0. The van der Waals surface area contributed by atoms with E-state index in [-0.39, 0.29) is 12.4 Å². The molecule has 4 N–H and O–H groups in total. The van der Waals surface area contributed by atoms with Gasteiger partial charge in [0, 0.05) is 0 Å². The topological polar surface area (TPSA) is 52.0 Å². The molecule has 0 spiro atoms. The van der Waals surface area contributed by atoms with Crippen molar-refractivity contribution in [3.63, 3.8) is 0 Å². The summed E-state index contributed by atoms with van der Waals surface area (Å²) in [5.41, 5.74) is 10.9. The lowest BCUT2D eigenvalue weighted by atomic mass is 9.74. The SMILES string of the molecule is Cl.NC[C@@H]1CC[C@@H]1CN. The second-order valence-electron chi connectivity index (χ2n) is 2.57. The molecule has 1 rings (SSSR count). The van der Waals surface area contributed by atoms with Gasteiger partial charge in [0.15, 0.2) is 0 Å². The smallest absolute Gasteiger partial charge is 0.00457 e. The van der Waals surface area contributed by atoms with Crippen LogP contribution in [0, 0.1) is 11.8 Å². The molecule has 9 heavy (non-hydrogen) atoms. The molecule has 0 bridgehead atoms. The van der Waals surface area contributed by atoms with E-state index in [0.29, 0.717) is 0 Å². The van der Waals surface area contributed by atoms with Gasteiger partial charge in [-0.2, -0.15) is 0 Å². The van der Waals surface area contributed by atoms with Crippen LogP contribution in [-0.2, 0) is 0 Å². The molecule has 0 aliphatic heterocycles. The van der Waals surface area contributed by atoms with Crippen LogP contribution in [0.15, 0.2) is 0 Å². The third-order valence-electron chi connectivity index (χ3n) is 2.18. The van der Waals surface area contributed by atoms with Gasteiger partial charge in [-0.05, 0) is 37.8 Å². The average molecular weight is 151 g/mol. The summed E-state index contributed by atoms with van der Waals surface area (Å²) in [5, 5.41) is 0. The van der Waals surface area contributed by atoms with E-state index < -0.39 is 0 Å². The zero-order valence-corrected chi connectivity index (χ0v) is 6.36. The highest BCUT2D eigenvalue weighted by atomic mass is 35.5. The largest absolute Gasteiger partial charge is 0.330 e. The monoisotopic (exact) mass is 150 g/mol. The van der Waals surface area contributed by atoms with Crippen LogP contribution in [0.4, 0.5) is 0 Å². The fourth-order valence-electron chi connectivity index (χ4n) is 1.26. The van der Waals surface area contributed by atoms with Gasteiger partial charge in [0.05, 0.1) is 0 Å². The predicted molar refractivity (Wildman–Crippen MR) is 41.6 cm³/mol. The molecule has 0 amide bonds. The van der Waals surface area contributed by atoms with Crippen LogP contribution in [0.1, 0.15) is 12.8 Å². The molecule has 3 heteroatoms. The Balaban J connectivity index is 0.000000640. The van der Waals surface area contributed by atoms with Crippen LogP contribution >= 0.6 is 12.4 Å². The summed E-state index contributed by atoms with van der Waals surface area (Å²) in [4.78, 5) is 0. The van der Waals surface area contributed by atoms with Crippen LogP contribution in [0.3, 0.4) is 0 Å². The lowest BCUT2D eigenvalue weighted by molar-refractivity contribution is 0.192. The van der Waals surface area contributed by atoms with E-state index in [0.717, 1.165) is 24.9 Å². The maximum absolute atomic E-state index is 5.44. The molecule has 2 atom stereocenters. The van der Waals surface area contributed by atoms with Gasteiger partial charge < -0.3 is 11.5 Å². The maximum atomic E-state index is 5.44. The minimum atomic E-state index is 0. The zero-order chi connectivity index (χ0) is 5.98. The Kier molecular flexibility index (Phi) is 4.19. The Hall–Kier alpha value is 0.210. The molecular weight excluding hydrogens is 136 g/mol. The van der Waals surface area contributed by atoms with Crippen LogP contribution in [-0.4, -0.2) is 13.1 Å². The second-order valence-corrected chi connectivity index (χ2v) is 2.57. The molecule has 1 aliphatic carbocycles. The van der Waals surface area contributed by atoms with Crippen molar-refractivity contribution in [3.05, 3.63) is 0 Å². The molecule has 56 valence electrons. The van der Waals surface area contributed by atoms with Crippen LogP contribution in [0.5, 0.6) is 0 Å². The second kappa shape index (κ2) is 4.09. The number of rotatable bonds is 2. The van der Waals surface area contributed by atoms with Crippen molar-refractivity contribution < 1.29 is 0 Å². The van der Waals surface area contributed by atoms with Gasteiger partial charge in [0.1, 0.15) is 0 Å². The Bertz CT molecular complexity index is 63.5. The normalized spacial score (nSPS) is 32.7. The summed E-state index contributed by atoms with van der Waals surface area (Å²) in [7, 11) is 0.